The zero-order valence-electron chi connectivity index (χ0n) is 8.48. The van der Waals surface area contributed by atoms with Crippen molar-refractivity contribution in [1.29, 1.82) is 0 Å². The van der Waals surface area contributed by atoms with Crippen LogP contribution >= 0.6 is 0 Å². The third kappa shape index (κ3) is 1.08. The van der Waals surface area contributed by atoms with Gasteiger partial charge < -0.3 is 9.67 Å². The molecule has 3 rings (SSSR count). The topological polar surface area (TPSA) is 42.2 Å². The van der Waals surface area contributed by atoms with Gasteiger partial charge in [0.25, 0.3) is 5.56 Å². The summed E-state index contributed by atoms with van der Waals surface area (Å²) in [4.78, 5) is 11.7. The average Bonchev–Trinajstić information content (AvgIpc) is 2.68. The molecular weight excluding hydrogens is 209 g/mol. The lowest BCUT2D eigenvalue weighted by atomic mass is 10.1. The van der Waals surface area contributed by atoms with Gasteiger partial charge in [0, 0.05) is 18.1 Å². The Kier molecular flexibility index (Phi) is 1.88. The van der Waals surface area contributed by atoms with Gasteiger partial charge in [-0.2, -0.15) is 0 Å². The van der Waals surface area contributed by atoms with E-state index in [-0.39, 0.29) is 24.0 Å². The molecule has 1 aliphatic heterocycles. The molecule has 1 aliphatic rings. The first-order chi connectivity index (χ1) is 7.72. The molecule has 0 saturated heterocycles. The molecule has 0 fully saturated rings. The second-order valence-corrected chi connectivity index (χ2v) is 4.05. The van der Waals surface area contributed by atoms with Crippen LogP contribution in [0.2, 0.25) is 0 Å². The Balaban J connectivity index is 2.49. The summed E-state index contributed by atoms with van der Waals surface area (Å²) in [6.07, 6.45) is 0.388. The molecule has 2 aromatic rings. The van der Waals surface area contributed by atoms with Crippen LogP contribution in [0.25, 0.3) is 10.9 Å². The van der Waals surface area contributed by atoms with Crippen molar-refractivity contribution in [1.82, 2.24) is 4.57 Å². The highest BCUT2D eigenvalue weighted by Gasteiger charge is 2.26. The van der Waals surface area contributed by atoms with E-state index in [1.807, 2.05) is 0 Å². The van der Waals surface area contributed by atoms with Crippen molar-refractivity contribution in [2.75, 3.05) is 6.61 Å². The lowest BCUT2D eigenvalue weighted by Crippen LogP contribution is -2.23. The summed E-state index contributed by atoms with van der Waals surface area (Å²) >= 11 is 0. The number of hydrogen-bond donors (Lipinski definition) is 1. The van der Waals surface area contributed by atoms with Crippen LogP contribution in [0, 0.1) is 5.82 Å². The molecule has 0 spiro atoms. The minimum Gasteiger partial charge on any atom is -0.394 e. The summed E-state index contributed by atoms with van der Waals surface area (Å²) in [7, 11) is 0. The maximum absolute atomic E-state index is 13.6. The van der Waals surface area contributed by atoms with E-state index in [1.54, 1.807) is 12.1 Å². The SMILES string of the molecule is O=c1ccc2ccc(F)c3c2n1[C@@H](CO)C3. The molecule has 82 valence electrons. The van der Waals surface area contributed by atoms with Crippen molar-refractivity contribution in [2.45, 2.75) is 12.5 Å². The van der Waals surface area contributed by atoms with Gasteiger partial charge >= 0.3 is 0 Å². The highest BCUT2D eigenvalue weighted by molar-refractivity contribution is 5.84. The second-order valence-electron chi connectivity index (χ2n) is 4.05. The molecule has 1 aromatic heterocycles. The van der Waals surface area contributed by atoms with Crippen LogP contribution in [0.15, 0.2) is 29.1 Å². The number of rotatable bonds is 1. The number of aromatic nitrogens is 1. The molecule has 1 atom stereocenters. The minimum atomic E-state index is -0.330. The fourth-order valence-electron chi connectivity index (χ4n) is 2.43. The monoisotopic (exact) mass is 219 g/mol. The first-order valence-corrected chi connectivity index (χ1v) is 5.16. The van der Waals surface area contributed by atoms with Crippen molar-refractivity contribution in [3.63, 3.8) is 0 Å². The van der Waals surface area contributed by atoms with Gasteiger partial charge in [0.05, 0.1) is 18.2 Å². The Morgan fingerprint density at radius 2 is 2.12 bits per heavy atom. The smallest absolute Gasteiger partial charge is 0.251 e. The van der Waals surface area contributed by atoms with Crippen LogP contribution < -0.4 is 5.56 Å². The predicted molar refractivity (Wildman–Crippen MR) is 58.0 cm³/mol. The van der Waals surface area contributed by atoms with Crippen LogP contribution in [0.1, 0.15) is 11.6 Å². The highest BCUT2D eigenvalue weighted by Crippen LogP contribution is 2.31. The Morgan fingerprint density at radius 3 is 2.88 bits per heavy atom. The number of nitrogens with zero attached hydrogens (tertiary/aromatic N) is 1. The molecule has 2 heterocycles. The lowest BCUT2D eigenvalue weighted by molar-refractivity contribution is 0.233. The fraction of sp³-hybridized carbons (Fsp3) is 0.250. The van der Waals surface area contributed by atoms with Gasteiger partial charge in [0.2, 0.25) is 0 Å². The maximum Gasteiger partial charge on any atom is 0.251 e. The number of aliphatic hydroxyl groups excluding tert-OH is 1. The van der Waals surface area contributed by atoms with Crippen molar-refractivity contribution < 1.29 is 9.50 Å². The molecule has 0 radical (unpaired) electrons. The Bertz CT molecular complexity index is 633. The van der Waals surface area contributed by atoms with Gasteiger partial charge in [-0.05, 0) is 23.6 Å². The number of hydrogen-bond acceptors (Lipinski definition) is 2. The Labute approximate surface area is 90.8 Å². The van der Waals surface area contributed by atoms with E-state index in [9.17, 15) is 14.3 Å². The molecule has 0 aliphatic carbocycles. The summed E-state index contributed by atoms with van der Waals surface area (Å²) in [5.41, 5.74) is 0.983. The first-order valence-electron chi connectivity index (χ1n) is 5.16. The summed E-state index contributed by atoms with van der Waals surface area (Å²) in [5.74, 6) is -0.303. The van der Waals surface area contributed by atoms with Crippen LogP contribution in [-0.4, -0.2) is 16.3 Å². The number of halogens is 1. The predicted octanol–water partition coefficient (Wildman–Crippen LogP) is 1.23. The van der Waals surface area contributed by atoms with E-state index in [4.69, 9.17) is 0 Å². The molecule has 3 nitrogen and oxygen atoms in total. The summed E-state index contributed by atoms with van der Waals surface area (Å²) < 4.78 is 15.1. The quantitative estimate of drug-likeness (QED) is 0.783. The fourth-order valence-corrected chi connectivity index (χ4v) is 2.43. The zero-order chi connectivity index (χ0) is 11.3. The molecule has 1 N–H and O–H groups in total. The molecule has 4 heteroatoms. The normalized spacial score (nSPS) is 18.2. The molecule has 16 heavy (non-hydrogen) atoms. The van der Waals surface area contributed by atoms with Crippen LogP contribution in [-0.2, 0) is 6.42 Å². The number of aliphatic hydroxyl groups is 1. The third-order valence-corrected chi connectivity index (χ3v) is 3.16. The Hall–Kier alpha value is -1.68. The van der Waals surface area contributed by atoms with E-state index in [0.29, 0.717) is 17.5 Å². The molecule has 0 amide bonds. The van der Waals surface area contributed by atoms with E-state index < -0.39 is 0 Å². The van der Waals surface area contributed by atoms with E-state index >= 15 is 0 Å². The van der Waals surface area contributed by atoms with Crippen molar-refractivity contribution >= 4 is 10.9 Å². The van der Waals surface area contributed by atoms with Crippen LogP contribution in [0.3, 0.4) is 0 Å². The second kappa shape index (κ2) is 3.15. The largest absolute Gasteiger partial charge is 0.394 e. The summed E-state index contributed by atoms with van der Waals surface area (Å²) in [6, 6.07) is 5.88. The summed E-state index contributed by atoms with van der Waals surface area (Å²) in [6.45, 7) is -0.146. The van der Waals surface area contributed by atoms with Crippen LogP contribution in [0.4, 0.5) is 4.39 Å². The molecule has 0 saturated carbocycles. The van der Waals surface area contributed by atoms with E-state index in [2.05, 4.69) is 0 Å². The molecular formula is C12H10FNO2. The Morgan fingerprint density at radius 1 is 1.38 bits per heavy atom. The minimum absolute atomic E-state index is 0.146. The van der Waals surface area contributed by atoms with Crippen molar-refractivity contribution in [2.24, 2.45) is 0 Å². The van der Waals surface area contributed by atoms with E-state index in [0.717, 1.165) is 5.39 Å². The van der Waals surface area contributed by atoms with Crippen LogP contribution in [0.5, 0.6) is 0 Å². The first kappa shape index (κ1) is 9.54. The standard InChI is InChI=1S/C12H10FNO2/c13-10-3-1-7-2-4-11(16)14-8(6-15)5-9(10)12(7)14/h1-4,8,15H,5-6H2/t8-/m1/s1. The third-order valence-electron chi connectivity index (χ3n) is 3.16. The number of benzene rings is 1. The van der Waals surface area contributed by atoms with Gasteiger partial charge in [-0.25, -0.2) is 4.39 Å². The van der Waals surface area contributed by atoms with Gasteiger partial charge in [-0.1, -0.05) is 0 Å². The van der Waals surface area contributed by atoms with Gasteiger partial charge in [-0.3, -0.25) is 4.79 Å². The molecule has 0 bridgehead atoms. The van der Waals surface area contributed by atoms with Gasteiger partial charge in [0.1, 0.15) is 5.82 Å². The zero-order valence-corrected chi connectivity index (χ0v) is 8.48. The lowest BCUT2D eigenvalue weighted by Gasteiger charge is -2.10. The average molecular weight is 219 g/mol. The van der Waals surface area contributed by atoms with E-state index in [1.165, 1.54) is 16.7 Å². The highest BCUT2D eigenvalue weighted by atomic mass is 19.1. The van der Waals surface area contributed by atoms with Gasteiger partial charge in [-0.15, -0.1) is 0 Å². The summed E-state index contributed by atoms with van der Waals surface area (Å²) in [5, 5.41) is 10.1. The van der Waals surface area contributed by atoms with Gasteiger partial charge in [0.15, 0.2) is 0 Å². The van der Waals surface area contributed by atoms with Crippen molar-refractivity contribution in [3.05, 3.63) is 46.0 Å². The number of pyridine rings is 1. The molecule has 1 aromatic carbocycles. The van der Waals surface area contributed by atoms with Crippen molar-refractivity contribution in [3.8, 4) is 0 Å². The molecule has 0 unspecified atom stereocenters. The maximum atomic E-state index is 13.6.